The lowest BCUT2D eigenvalue weighted by Crippen LogP contribution is -2.28. The van der Waals surface area contributed by atoms with Gasteiger partial charge >= 0.3 is 0 Å². The monoisotopic (exact) mass is 436 g/mol. The predicted molar refractivity (Wildman–Crippen MR) is 112 cm³/mol. The molecule has 0 saturated heterocycles. The Morgan fingerprint density at radius 2 is 2.07 bits per heavy atom. The van der Waals surface area contributed by atoms with Gasteiger partial charge in [0.05, 0.1) is 24.6 Å². The van der Waals surface area contributed by atoms with Gasteiger partial charge in [0, 0.05) is 10.0 Å². The Labute approximate surface area is 177 Å². The number of hydrogen-bond donors (Lipinski definition) is 1. The summed E-state index contributed by atoms with van der Waals surface area (Å²) in [5.41, 5.74) is 1.61. The molecule has 9 heteroatoms. The molecule has 0 bridgehead atoms. The summed E-state index contributed by atoms with van der Waals surface area (Å²) in [6.45, 7) is 1.87. The summed E-state index contributed by atoms with van der Waals surface area (Å²) in [6, 6.07) is 12.5. The Bertz CT molecular complexity index is 980. The molecule has 6 nitrogen and oxygen atoms in total. The van der Waals surface area contributed by atoms with Gasteiger partial charge in [0.1, 0.15) is 12.1 Å². The first-order valence-corrected chi connectivity index (χ1v) is 10.1. The van der Waals surface area contributed by atoms with Gasteiger partial charge < -0.3 is 10.1 Å². The van der Waals surface area contributed by atoms with Crippen molar-refractivity contribution in [2.75, 3.05) is 12.9 Å². The van der Waals surface area contributed by atoms with Crippen LogP contribution in [0.25, 0.3) is 5.69 Å². The first kappa shape index (κ1) is 20.5. The van der Waals surface area contributed by atoms with Crippen LogP contribution in [0.4, 0.5) is 0 Å². The molecule has 0 saturated carbocycles. The number of amides is 1. The van der Waals surface area contributed by atoms with Crippen molar-refractivity contribution >= 4 is 40.9 Å². The van der Waals surface area contributed by atoms with Crippen molar-refractivity contribution in [3.8, 4) is 11.4 Å². The lowest BCUT2D eigenvalue weighted by Gasteiger charge is -2.16. The van der Waals surface area contributed by atoms with E-state index in [9.17, 15) is 4.79 Å². The number of benzene rings is 2. The number of halogens is 2. The topological polar surface area (TPSA) is 69.0 Å². The van der Waals surface area contributed by atoms with Crippen LogP contribution in [0.2, 0.25) is 10.0 Å². The molecule has 0 fully saturated rings. The number of aromatic nitrogens is 3. The number of methoxy groups -OCH3 is 1. The second-order valence-corrected chi connectivity index (χ2v) is 7.69. The van der Waals surface area contributed by atoms with Crippen LogP contribution in [-0.2, 0) is 4.79 Å². The first-order valence-electron chi connectivity index (χ1n) is 8.40. The molecule has 0 radical (unpaired) electrons. The van der Waals surface area contributed by atoms with E-state index in [1.165, 1.54) is 11.8 Å². The Balaban J connectivity index is 1.65. The standard InChI is InChI=1S/C19H18Cl2N4O2S/c1-12(14-8-7-13(20)9-15(14)21)23-18(26)10-28-19-24-22-11-25(19)16-5-3-4-6-17(16)27-2/h3-9,11-12H,10H2,1-2H3,(H,23,26). The van der Waals surface area contributed by atoms with Gasteiger partial charge in [0.2, 0.25) is 5.91 Å². The number of ether oxygens (including phenoxy) is 1. The van der Waals surface area contributed by atoms with Crippen LogP contribution < -0.4 is 10.1 Å². The van der Waals surface area contributed by atoms with Gasteiger partial charge in [-0.1, -0.05) is 53.2 Å². The molecular weight excluding hydrogens is 419 g/mol. The van der Waals surface area contributed by atoms with Crippen molar-refractivity contribution in [3.05, 3.63) is 64.4 Å². The zero-order valence-corrected chi connectivity index (χ0v) is 17.6. The Kier molecular flexibility index (Phi) is 6.83. The van der Waals surface area contributed by atoms with Crippen molar-refractivity contribution < 1.29 is 9.53 Å². The van der Waals surface area contributed by atoms with E-state index in [-0.39, 0.29) is 17.7 Å². The molecule has 2 aromatic carbocycles. The highest BCUT2D eigenvalue weighted by molar-refractivity contribution is 7.99. The van der Waals surface area contributed by atoms with Gasteiger partial charge in [-0.2, -0.15) is 0 Å². The van der Waals surface area contributed by atoms with E-state index >= 15 is 0 Å². The Hall–Kier alpha value is -2.22. The maximum absolute atomic E-state index is 12.4. The predicted octanol–water partition coefficient (Wildman–Crippen LogP) is 4.55. The summed E-state index contributed by atoms with van der Waals surface area (Å²) < 4.78 is 7.17. The number of carbonyl (C=O) groups excluding carboxylic acids is 1. The maximum atomic E-state index is 12.4. The largest absolute Gasteiger partial charge is 0.495 e. The number of carbonyl (C=O) groups is 1. The fourth-order valence-corrected chi connectivity index (χ4v) is 3.97. The quantitative estimate of drug-likeness (QED) is 0.550. The lowest BCUT2D eigenvalue weighted by atomic mass is 10.1. The molecule has 3 aromatic rings. The summed E-state index contributed by atoms with van der Waals surface area (Å²) >= 11 is 13.4. The van der Waals surface area contributed by atoms with Crippen molar-refractivity contribution in [1.82, 2.24) is 20.1 Å². The molecule has 1 unspecified atom stereocenters. The average molecular weight is 437 g/mol. The highest BCUT2D eigenvalue weighted by atomic mass is 35.5. The molecular formula is C19H18Cl2N4O2S. The number of thioether (sulfide) groups is 1. The van der Waals surface area contributed by atoms with Gasteiger partial charge in [-0.05, 0) is 36.8 Å². The fraction of sp³-hybridized carbons (Fsp3) is 0.211. The molecule has 146 valence electrons. The molecule has 28 heavy (non-hydrogen) atoms. The van der Waals surface area contributed by atoms with Crippen LogP contribution in [-0.4, -0.2) is 33.5 Å². The molecule has 0 spiro atoms. The van der Waals surface area contributed by atoms with E-state index in [0.29, 0.717) is 21.0 Å². The van der Waals surface area contributed by atoms with Gasteiger partial charge in [-0.3, -0.25) is 9.36 Å². The van der Waals surface area contributed by atoms with E-state index < -0.39 is 0 Å². The lowest BCUT2D eigenvalue weighted by molar-refractivity contribution is -0.119. The smallest absolute Gasteiger partial charge is 0.230 e. The molecule has 0 aliphatic carbocycles. The molecule has 0 aliphatic rings. The van der Waals surface area contributed by atoms with Gasteiger partial charge in [0.25, 0.3) is 0 Å². The summed E-state index contributed by atoms with van der Waals surface area (Å²) in [5, 5.41) is 12.7. The molecule has 1 atom stereocenters. The van der Waals surface area contributed by atoms with Gasteiger partial charge in [-0.15, -0.1) is 10.2 Å². The van der Waals surface area contributed by atoms with E-state index in [0.717, 1.165) is 11.3 Å². The summed E-state index contributed by atoms with van der Waals surface area (Å²) in [7, 11) is 1.60. The SMILES string of the molecule is COc1ccccc1-n1cnnc1SCC(=O)NC(C)c1ccc(Cl)cc1Cl. The molecule has 3 rings (SSSR count). The van der Waals surface area contributed by atoms with Crippen molar-refractivity contribution in [3.63, 3.8) is 0 Å². The van der Waals surface area contributed by atoms with Crippen molar-refractivity contribution in [2.24, 2.45) is 0 Å². The van der Waals surface area contributed by atoms with Gasteiger partial charge in [0.15, 0.2) is 5.16 Å². The van der Waals surface area contributed by atoms with Crippen LogP contribution in [0.3, 0.4) is 0 Å². The molecule has 1 aromatic heterocycles. The number of rotatable bonds is 7. The molecule has 0 aliphatic heterocycles. The fourth-order valence-electron chi connectivity index (χ4n) is 2.66. The highest BCUT2D eigenvalue weighted by Gasteiger charge is 2.16. The van der Waals surface area contributed by atoms with Crippen LogP contribution in [0.1, 0.15) is 18.5 Å². The van der Waals surface area contributed by atoms with Gasteiger partial charge in [-0.25, -0.2) is 0 Å². The summed E-state index contributed by atoms with van der Waals surface area (Å²) in [4.78, 5) is 12.4. The average Bonchev–Trinajstić information content (AvgIpc) is 3.14. The third-order valence-electron chi connectivity index (χ3n) is 4.00. The molecule has 1 N–H and O–H groups in total. The van der Waals surface area contributed by atoms with Crippen LogP contribution in [0.5, 0.6) is 5.75 Å². The molecule has 1 amide bonds. The van der Waals surface area contributed by atoms with Crippen LogP contribution in [0, 0.1) is 0 Å². The second kappa shape index (κ2) is 9.32. The first-order chi connectivity index (χ1) is 13.5. The highest BCUT2D eigenvalue weighted by Crippen LogP contribution is 2.28. The van der Waals surface area contributed by atoms with Crippen LogP contribution >= 0.6 is 35.0 Å². The molecule has 1 heterocycles. The third kappa shape index (κ3) is 4.79. The van der Waals surface area contributed by atoms with E-state index in [2.05, 4.69) is 15.5 Å². The minimum atomic E-state index is -0.245. The zero-order valence-electron chi connectivity index (χ0n) is 15.2. The van der Waals surface area contributed by atoms with Crippen molar-refractivity contribution in [2.45, 2.75) is 18.1 Å². The second-order valence-electron chi connectivity index (χ2n) is 5.90. The van der Waals surface area contributed by atoms with E-state index in [1.807, 2.05) is 31.2 Å². The summed E-state index contributed by atoms with van der Waals surface area (Å²) in [5.74, 6) is 0.737. The van der Waals surface area contributed by atoms with Crippen LogP contribution in [0.15, 0.2) is 53.9 Å². The maximum Gasteiger partial charge on any atom is 0.230 e. The summed E-state index contributed by atoms with van der Waals surface area (Å²) in [6.07, 6.45) is 1.59. The van der Waals surface area contributed by atoms with E-state index in [4.69, 9.17) is 27.9 Å². The minimum absolute atomic E-state index is 0.141. The van der Waals surface area contributed by atoms with E-state index in [1.54, 1.807) is 36.2 Å². The minimum Gasteiger partial charge on any atom is -0.495 e. The zero-order chi connectivity index (χ0) is 20.1. The Morgan fingerprint density at radius 3 is 2.82 bits per heavy atom. The number of nitrogens with zero attached hydrogens (tertiary/aromatic N) is 3. The third-order valence-corrected chi connectivity index (χ3v) is 5.51. The number of nitrogens with one attached hydrogen (secondary N) is 1. The number of hydrogen-bond acceptors (Lipinski definition) is 5. The van der Waals surface area contributed by atoms with Crippen molar-refractivity contribution in [1.29, 1.82) is 0 Å². The normalized spacial score (nSPS) is 11.9. The Morgan fingerprint density at radius 1 is 1.29 bits per heavy atom. The number of para-hydroxylation sites is 2.